The Morgan fingerprint density at radius 2 is 1.68 bits per heavy atom. The minimum Gasteiger partial charge on any atom is -0.147 e. The van der Waals surface area contributed by atoms with E-state index in [-0.39, 0.29) is 37.2 Å². The van der Waals surface area contributed by atoms with Crippen molar-refractivity contribution >= 4 is 37.2 Å². The molecule has 1 aliphatic rings. The third-order valence-corrected chi connectivity index (χ3v) is 9.42. The number of rotatable bonds is 4. The maximum absolute atomic E-state index is 2.39. The van der Waals surface area contributed by atoms with Crippen molar-refractivity contribution in [3.63, 3.8) is 0 Å². The van der Waals surface area contributed by atoms with E-state index in [0.29, 0.717) is 3.80 Å². The predicted octanol–water partition coefficient (Wildman–Crippen LogP) is 4.44. The molecule has 0 saturated carbocycles. The number of nitrogens with zero attached hydrogens (tertiary/aromatic N) is 1. The predicted molar refractivity (Wildman–Crippen MR) is 86.5 cm³/mol. The summed E-state index contributed by atoms with van der Waals surface area (Å²) in [5.41, 5.74) is 1.49. The summed E-state index contributed by atoms with van der Waals surface area (Å²) in [6.07, 6.45) is 8.03. The van der Waals surface area contributed by atoms with E-state index in [2.05, 4.69) is 67.6 Å². The molecular weight excluding hydrogens is 467 g/mol. The van der Waals surface area contributed by atoms with E-state index < -0.39 is 22.9 Å². The molecule has 0 bridgehead atoms. The molecule has 1 aromatic rings. The third-order valence-electron chi connectivity index (χ3n) is 2.73. The first-order chi connectivity index (χ1) is 7.77. The van der Waals surface area contributed by atoms with Crippen molar-refractivity contribution in [1.82, 2.24) is 4.90 Å². The fourth-order valence-electron chi connectivity index (χ4n) is 1.88. The Bertz CT molecular complexity index is 404. The fourth-order valence-corrected chi connectivity index (χ4v) is 6.89. The van der Waals surface area contributed by atoms with Crippen molar-refractivity contribution in [2.24, 2.45) is 0 Å². The van der Waals surface area contributed by atoms with Crippen molar-refractivity contribution in [3.8, 4) is 0 Å². The molecule has 0 spiro atoms. The van der Waals surface area contributed by atoms with Crippen LogP contribution in [-0.4, -0.2) is 19.0 Å². The summed E-state index contributed by atoms with van der Waals surface area (Å²) < 4.78 is 2.41. The second-order valence-electron chi connectivity index (χ2n) is 4.25. The molecule has 1 atom stereocenters. The Kier molecular flexibility index (Phi) is 12.7. The molecule has 0 amide bonds. The molecule has 1 nitrogen and oxygen atoms in total. The van der Waals surface area contributed by atoms with Crippen LogP contribution in [0, 0.1) is 0 Å². The van der Waals surface area contributed by atoms with Gasteiger partial charge in [0.1, 0.15) is 0 Å². The first-order valence-electron chi connectivity index (χ1n) is 5.61. The maximum Gasteiger partial charge on any atom is -0.147 e. The summed E-state index contributed by atoms with van der Waals surface area (Å²) in [5.74, 6) is 0. The van der Waals surface area contributed by atoms with Crippen LogP contribution in [0.3, 0.4) is 0 Å². The molecular formula is C14H20Cl3HfN. The van der Waals surface area contributed by atoms with Crippen LogP contribution in [0.15, 0.2) is 51.9 Å². The molecule has 5 heteroatoms. The third kappa shape index (κ3) is 6.59. The smallest absolute Gasteiger partial charge is 0.147 e. The molecule has 1 aliphatic carbocycles. The Hall–Kier alpha value is 0.400. The number of hydrogen-bond acceptors (Lipinski definition) is 1. The number of benzene rings is 1. The van der Waals surface area contributed by atoms with Gasteiger partial charge in [-0.15, -0.1) is 37.2 Å². The zero-order valence-electron chi connectivity index (χ0n) is 11.1. The van der Waals surface area contributed by atoms with Gasteiger partial charge in [-0.2, -0.15) is 0 Å². The van der Waals surface area contributed by atoms with Gasteiger partial charge < -0.3 is 0 Å². The average Bonchev–Trinajstić information content (AvgIpc) is 2.79. The molecule has 106 valence electrons. The number of halogens is 3. The largest absolute Gasteiger partial charge is 0.147 e. The molecule has 0 saturated heterocycles. The van der Waals surface area contributed by atoms with E-state index >= 15 is 0 Å². The van der Waals surface area contributed by atoms with Crippen molar-refractivity contribution in [1.29, 1.82) is 0 Å². The summed E-state index contributed by atoms with van der Waals surface area (Å²) in [5, 5.41) is 0. The Morgan fingerprint density at radius 1 is 1.05 bits per heavy atom. The van der Waals surface area contributed by atoms with Gasteiger partial charge in [0.2, 0.25) is 0 Å². The van der Waals surface area contributed by atoms with Gasteiger partial charge in [0.25, 0.3) is 0 Å². The summed E-state index contributed by atoms with van der Waals surface area (Å²) in [6, 6.07) is 10.9. The van der Waals surface area contributed by atoms with Gasteiger partial charge in [-0.05, 0) is 0 Å². The van der Waals surface area contributed by atoms with Gasteiger partial charge in [-0.25, -0.2) is 0 Å². The van der Waals surface area contributed by atoms with E-state index in [9.17, 15) is 0 Å². The van der Waals surface area contributed by atoms with E-state index in [0.717, 1.165) is 0 Å². The Balaban J connectivity index is 0. The van der Waals surface area contributed by atoms with Crippen molar-refractivity contribution in [3.05, 3.63) is 57.5 Å². The van der Waals surface area contributed by atoms with E-state index in [1.807, 2.05) is 0 Å². The van der Waals surface area contributed by atoms with Crippen LogP contribution < -0.4 is 0 Å². The summed E-state index contributed by atoms with van der Waals surface area (Å²) >= 11 is -0.759. The van der Waals surface area contributed by atoms with Crippen LogP contribution >= 0.6 is 37.2 Å². The van der Waals surface area contributed by atoms with Gasteiger partial charge in [0.05, 0.1) is 0 Å². The van der Waals surface area contributed by atoms with E-state index in [1.54, 1.807) is 3.33 Å². The van der Waals surface area contributed by atoms with Gasteiger partial charge in [-0.1, -0.05) is 0 Å². The van der Waals surface area contributed by atoms with Crippen molar-refractivity contribution in [2.75, 3.05) is 14.1 Å². The van der Waals surface area contributed by atoms with Crippen LogP contribution in [0.25, 0.3) is 0 Å². The van der Waals surface area contributed by atoms with Crippen LogP contribution in [0.5, 0.6) is 0 Å². The molecule has 0 aliphatic heterocycles. The molecule has 19 heavy (non-hydrogen) atoms. The van der Waals surface area contributed by atoms with Gasteiger partial charge in [-0.3, -0.25) is 0 Å². The molecule has 0 N–H and O–H groups in total. The standard InChI is InChI=1S/C9H12N.C5H5.3ClH.Hf/c1-10(2)8-9-6-4-3-5-7-9;1-2-4-5-3-1;;;;/h3-8H,1-2H3;1-3H,4H2;3*1H;. The van der Waals surface area contributed by atoms with Gasteiger partial charge in [0, 0.05) is 0 Å². The van der Waals surface area contributed by atoms with Crippen molar-refractivity contribution < 1.29 is 22.9 Å². The van der Waals surface area contributed by atoms with Gasteiger partial charge >= 0.3 is 110 Å². The summed E-state index contributed by atoms with van der Waals surface area (Å²) in [7, 11) is 4.40. The first-order valence-corrected chi connectivity index (χ1v) is 9.48. The van der Waals surface area contributed by atoms with Crippen LogP contribution in [-0.2, 0) is 22.9 Å². The quantitative estimate of drug-likeness (QED) is 0.569. The topological polar surface area (TPSA) is 3.24 Å². The number of hydrogen-bond donors (Lipinski definition) is 0. The van der Waals surface area contributed by atoms with Crippen LogP contribution in [0.1, 0.15) is 15.8 Å². The van der Waals surface area contributed by atoms with Gasteiger partial charge in [0.15, 0.2) is 0 Å². The Labute approximate surface area is 146 Å². The zero-order chi connectivity index (χ0) is 11.4. The normalized spacial score (nSPS) is 13.7. The minimum absolute atomic E-state index is 0. The second kappa shape index (κ2) is 11.1. The van der Waals surface area contributed by atoms with E-state index in [1.165, 1.54) is 12.0 Å². The van der Waals surface area contributed by atoms with Crippen LogP contribution in [0.4, 0.5) is 0 Å². The average molecular weight is 487 g/mol. The molecule has 2 rings (SSSR count). The summed E-state index contributed by atoms with van der Waals surface area (Å²) in [4.78, 5) is 2.39. The fraction of sp³-hybridized carbons (Fsp3) is 0.286. The first kappa shape index (κ1) is 21.7. The van der Waals surface area contributed by atoms with Crippen molar-refractivity contribution in [2.45, 2.75) is 10.2 Å². The molecule has 0 aromatic heterocycles. The SMILES string of the molecule is CN(C)[CH]([Hf][C]1=CC=CC1)c1ccccc1.Cl.Cl.Cl. The summed E-state index contributed by atoms with van der Waals surface area (Å²) in [6.45, 7) is 0. The molecule has 0 fully saturated rings. The minimum atomic E-state index is -0.759. The zero-order valence-corrected chi connectivity index (χ0v) is 17.1. The second-order valence-corrected chi connectivity index (χ2v) is 9.55. The number of allylic oxidation sites excluding steroid dienone is 4. The van der Waals surface area contributed by atoms with E-state index in [4.69, 9.17) is 0 Å². The van der Waals surface area contributed by atoms with Crippen LogP contribution in [0.2, 0.25) is 0 Å². The molecule has 1 unspecified atom stereocenters. The maximum atomic E-state index is 2.39. The molecule has 1 aromatic carbocycles. The molecule has 0 heterocycles. The Morgan fingerprint density at radius 3 is 2.16 bits per heavy atom. The monoisotopic (exact) mass is 487 g/mol. The molecule has 0 radical (unpaired) electrons.